The Balaban J connectivity index is 0.000000138. The number of hydrogen-bond donors (Lipinski definition) is 0. The molecule has 0 aliphatic heterocycles. The Labute approximate surface area is 514 Å². The van der Waals surface area contributed by atoms with E-state index >= 15 is 0 Å². The van der Waals surface area contributed by atoms with E-state index in [0.717, 1.165) is 59.8 Å². The van der Waals surface area contributed by atoms with Gasteiger partial charge in [0.1, 0.15) is 5.00 Å². The second-order valence-corrected chi connectivity index (χ2v) is 25.3. The van der Waals surface area contributed by atoms with E-state index in [4.69, 9.17) is 9.97 Å². The molecular formula is C76H56N8O2S2. The Morgan fingerprint density at radius 1 is 0.352 bits per heavy atom. The topological polar surface area (TPSA) is 104 Å². The van der Waals surface area contributed by atoms with Crippen molar-refractivity contribution in [3.05, 3.63) is 274 Å². The van der Waals surface area contributed by atoms with Crippen LogP contribution >= 0.6 is 22.7 Å². The number of rotatable bonds is 5. The van der Waals surface area contributed by atoms with Gasteiger partial charge in [0.2, 0.25) is 9.92 Å². The summed E-state index contributed by atoms with van der Waals surface area (Å²) in [6, 6.07) is 80.0. The first kappa shape index (κ1) is 53.1. The smallest absolute Gasteiger partial charge is 0.309 e. The largest absolute Gasteiger partial charge is 0.356 e. The molecule has 0 fully saturated rings. The Morgan fingerprint density at radius 2 is 0.795 bits per heavy atom. The van der Waals surface area contributed by atoms with Gasteiger partial charge in [0.25, 0.3) is 0 Å². The molecule has 2 aliphatic rings. The fraction of sp³-hybridized carbons (Fsp3) is 0.105. The first-order chi connectivity index (χ1) is 43.0. The van der Waals surface area contributed by atoms with Gasteiger partial charge < -0.3 is 4.57 Å². The van der Waals surface area contributed by atoms with E-state index in [9.17, 15) is 9.59 Å². The van der Waals surface area contributed by atoms with Crippen LogP contribution in [0.25, 0.3) is 131 Å². The average molecular weight is 1180 g/mol. The van der Waals surface area contributed by atoms with Crippen molar-refractivity contribution >= 4 is 86.4 Å². The highest BCUT2D eigenvalue weighted by Crippen LogP contribution is 2.53. The molecule has 0 saturated carbocycles. The van der Waals surface area contributed by atoms with Crippen molar-refractivity contribution in [2.45, 2.75) is 52.4 Å². The maximum atomic E-state index is 13.9. The molecule has 0 unspecified atom stereocenters. The molecule has 2 aliphatic carbocycles. The van der Waals surface area contributed by atoms with E-state index in [0.29, 0.717) is 21.6 Å². The van der Waals surface area contributed by atoms with Gasteiger partial charge in [0, 0.05) is 54.8 Å². The van der Waals surface area contributed by atoms with Crippen LogP contribution in [0.15, 0.2) is 240 Å². The Bertz CT molecular complexity index is 5650. The number of fused-ring (bicyclic) bond motifs is 16. The molecule has 0 spiro atoms. The van der Waals surface area contributed by atoms with E-state index in [1.165, 1.54) is 94.2 Å². The van der Waals surface area contributed by atoms with E-state index in [1.807, 2.05) is 111 Å². The van der Waals surface area contributed by atoms with Gasteiger partial charge in [-0.1, -0.05) is 240 Å². The lowest BCUT2D eigenvalue weighted by molar-refractivity contribution is 0.661. The standard InChI is InChI=1S/C38H26N4OS.C36H24N4OS.C2H6/c1-38(2)29-19-11-9-17-25(29)27-21-28-26-18-10-12-20-31(26)41(32(28)22-30(27)38)35-33(23-13-5-3-6-14-23)42-36(43)39-34(40-37(42)44-35)24-15-7-4-8-16-24;1-36(2)27-14-8-6-12-23(27)25-19-26-24-13-7-9-15-29(24)39(31(26)20-28(25)36)22-16-17-30-32(18-22)42-35-38-33(37-34(41)40(30)35)21-10-4-3-5-11-21;1-2/h3-22H,1-2H3;3-20H,1-2H3;1-2H3. The van der Waals surface area contributed by atoms with Crippen molar-refractivity contribution in [2.24, 2.45) is 0 Å². The lowest BCUT2D eigenvalue weighted by Gasteiger charge is -2.21. The predicted octanol–water partition coefficient (Wildman–Crippen LogP) is 18.3. The minimum atomic E-state index is -0.339. The van der Waals surface area contributed by atoms with Gasteiger partial charge in [-0.3, -0.25) is 4.57 Å². The molecule has 0 atom stereocenters. The second-order valence-electron chi connectivity index (χ2n) is 23.4. The monoisotopic (exact) mass is 1180 g/mol. The summed E-state index contributed by atoms with van der Waals surface area (Å²) < 4.78 is 8.97. The van der Waals surface area contributed by atoms with E-state index in [2.05, 4.69) is 180 Å². The summed E-state index contributed by atoms with van der Waals surface area (Å²) in [6.07, 6.45) is 0. The number of aromatic nitrogens is 8. The molecule has 6 aromatic heterocycles. The van der Waals surface area contributed by atoms with Crippen LogP contribution in [0.1, 0.15) is 63.8 Å². The minimum Gasteiger partial charge on any atom is -0.309 e. The lowest BCUT2D eigenvalue weighted by Crippen LogP contribution is -2.19. The maximum Gasteiger partial charge on any atom is 0.356 e. The molecule has 18 rings (SSSR count). The first-order valence-corrected chi connectivity index (χ1v) is 31.4. The molecule has 6 heterocycles. The molecular weight excluding hydrogens is 1120 g/mol. The summed E-state index contributed by atoms with van der Waals surface area (Å²) in [4.78, 5) is 46.8. The Hall–Kier alpha value is -10.4. The van der Waals surface area contributed by atoms with Crippen LogP contribution in [0.5, 0.6) is 0 Å². The highest BCUT2D eigenvalue weighted by atomic mass is 32.1. The summed E-state index contributed by atoms with van der Waals surface area (Å²) in [5, 5.41) is 5.76. The van der Waals surface area contributed by atoms with Crippen LogP contribution in [-0.4, -0.2) is 37.9 Å². The molecule has 88 heavy (non-hydrogen) atoms. The van der Waals surface area contributed by atoms with Crippen molar-refractivity contribution in [3.63, 3.8) is 0 Å². The normalized spacial score (nSPS) is 13.4. The molecule has 424 valence electrons. The number of thiazole rings is 2. The van der Waals surface area contributed by atoms with E-state index in [-0.39, 0.29) is 22.2 Å². The van der Waals surface area contributed by atoms with Gasteiger partial charge in [-0.05, 0) is 99.1 Å². The first-order valence-electron chi connectivity index (χ1n) is 29.8. The number of hydrogen-bond acceptors (Lipinski definition) is 8. The van der Waals surface area contributed by atoms with Crippen LogP contribution in [0, 0.1) is 0 Å². The zero-order chi connectivity index (χ0) is 59.7. The van der Waals surface area contributed by atoms with Crippen molar-refractivity contribution in [3.8, 4) is 67.0 Å². The number of nitrogens with zero attached hydrogens (tertiary/aromatic N) is 8. The molecule has 0 amide bonds. The lowest BCUT2D eigenvalue weighted by atomic mass is 9.82. The molecule has 0 radical (unpaired) electrons. The van der Waals surface area contributed by atoms with E-state index < -0.39 is 0 Å². The Morgan fingerprint density at radius 3 is 1.34 bits per heavy atom. The SMILES string of the molecule is CC.CC1(C)c2ccccc2-c2cc3c4ccccc4n(-c4ccc5c(c4)sc4nc(-c6ccccc6)nc(=O)n45)c3cc21.CC1(C)c2ccccc2-c2cc3c4ccccc4n(-c4sc5nc(-c6ccccc6)nc(=O)n5c4-c4ccccc4)c3cc21. The molecule has 16 aromatic rings. The minimum absolute atomic E-state index is 0.0901. The summed E-state index contributed by atoms with van der Waals surface area (Å²) in [6.45, 7) is 13.3. The van der Waals surface area contributed by atoms with Crippen molar-refractivity contribution < 1.29 is 0 Å². The number of para-hydroxylation sites is 2. The fourth-order valence-corrected chi connectivity index (χ4v) is 16.0. The van der Waals surface area contributed by atoms with E-state index in [1.54, 1.807) is 8.80 Å². The summed E-state index contributed by atoms with van der Waals surface area (Å²) in [5.74, 6) is 0.884. The van der Waals surface area contributed by atoms with Crippen molar-refractivity contribution in [1.29, 1.82) is 0 Å². The highest BCUT2D eigenvalue weighted by molar-refractivity contribution is 7.23. The zero-order valence-electron chi connectivity index (χ0n) is 49.2. The molecule has 10 nitrogen and oxygen atoms in total. The average Bonchev–Trinajstić information content (AvgIpc) is 1.58. The third-order valence-electron chi connectivity index (χ3n) is 17.9. The maximum absolute atomic E-state index is 13.9. The zero-order valence-corrected chi connectivity index (χ0v) is 50.8. The second kappa shape index (κ2) is 20.1. The van der Waals surface area contributed by atoms with Crippen molar-refractivity contribution in [1.82, 2.24) is 37.9 Å². The number of benzene rings is 10. The van der Waals surface area contributed by atoms with Crippen LogP contribution in [0.4, 0.5) is 0 Å². The summed E-state index contributed by atoms with van der Waals surface area (Å²) in [7, 11) is 0. The quantitative estimate of drug-likeness (QED) is 0.170. The van der Waals surface area contributed by atoms with Crippen molar-refractivity contribution in [2.75, 3.05) is 0 Å². The Kier molecular flexibility index (Phi) is 12.1. The third-order valence-corrected chi connectivity index (χ3v) is 19.9. The molecule has 0 saturated heterocycles. The van der Waals surface area contributed by atoms with Gasteiger partial charge >= 0.3 is 11.4 Å². The molecule has 0 N–H and O–H groups in total. The highest BCUT2D eigenvalue weighted by Gasteiger charge is 2.38. The molecule has 10 aromatic carbocycles. The molecule has 12 heteroatoms. The van der Waals surface area contributed by atoms with Gasteiger partial charge in [0.05, 0.1) is 38.0 Å². The summed E-state index contributed by atoms with van der Waals surface area (Å²) >= 11 is 3.04. The van der Waals surface area contributed by atoms with Crippen LogP contribution < -0.4 is 11.4 Å². The fourth-order valence-electron chi connectivity index (χ4n) is 13.8. The van der Waals surface area contributed by atoms with Gasteiger partial charge in [-0.15, -0.1) is 0 Å². The third kappa shape index (κ3) is 7.91. The predicted molar refractivity (Wildman–Crippen MR) is 363 cm³/mol. The van der Waals surface area contributed by atoms with Gasteiger partial charge in [0.15, 0.2) is 11.6 Å². The molecule has 0 bridgehead atoms. The van der Waals surface area contributed by atoms with Crippen LogP contribution in [-0.2, 0) is 10.8 Å². The van der Waals surface area contributed by atoms with Gasteiger partial charge in [-0.25, -0.2) is 18.4 Å². The van der Waals surface area contributed by atoms with Gasteiger partial charge in [-0.2, -0.15) is 19.9 Å². The van der Waals surface area contributed by atoms with Crippen LogP contribution in [0.2, 0.25) is 0 Å². The van der Waals surface area contributed by atoms with Crippen LogP contribution in [0.3, 0.4) is 0 Å². The summed E-state index contributed by atoms with van der Waals surface area (Å²) in [5.41, 5.74) is 19.5.